The summed E-state index contributed by atoms with van der Waals surface area (Å²) in [5.41, 5.74) is 25.1. The molecule has 0 saturated carbocycles. The zero-order valence-electron chi connectivity index (χ0n) is 87.4. The van der Waals surface area contributed by atoms with Gasteiger partial charge in [0, 0.05) is 6.92 Å². The molecule has 19 aromatic rings. The number of carbonyl (C=O) groups excluding carboxylic acids is 1. The van der Waals surface area contributed by atoms with Gasteiger partial charge in [-0.15, -0.1) is 0 Å². The third-order valence-corrected chi connectivity index (χ3v) is 18.2. The van der Waals surface area contributed by atoms with Crippen LogP contribution < -0.4 is 0 Å². The Hall–Kier alpha value is -15.4. The van der Waals surface area contributed by atoms with Gasteiger partial charge in [0.15, 0.2) is 0 Å². The van der Waals surface area contributed by atoms with Crippen molar-refractivity contribution in [2.24, 2.45) is 0 Å². The molecule has 2 heteroatoms. The molecule has 0 aliphatic carbocycles. The molecule has 720 valence electrons. The van der Waals surface area contributed by atoms with Crippen molar-refractivity contribution in [3.63, 3.8) is 0 Å². The lowest BCUT2D eigenvalue weighted by atomic mass is 10.2. The van der Waals surface area contributed by atoms with Crippen LogP contribution in [0.4, 0.5) is 0 Å². The summed E-state index contributed by atoms with van der Waals surface area (Å²) < 4.78 is 4.40. The minimum Gasteiger partial charge on any atom is -0.466 e. The average molecular weight is 1840 g/mol. The number of aryl methyl sites for hydroxylation is 19. The molecule has 139 heavy (non-hydrogen) atoms. The maximum atomic E-state index is 9.82. The second-order valence-electron chi connectivity index (χ2n) is 32.4. The zero-order chi connectivity index (χ0) is 102. The number of hydrogen-bond donors (Lipinski definition) is 0. The molecule has 0 N–H and O–H groups in total. The van der Waals surface area contributed by atoms with Crippen LogP contribution in [0.2, 0.25) is 0 Å². The smallest absolute Gasteiger partial charge is 0.302 e. The van der Waals surface area contributed by atoms with Gasteiger partial charge in [-0.1, -0.05) is 682 Å². The number of ether oxygens (including phenoxy) is 1. The standard InChI is InChI=1S/19C7H8.C4H8O2/c19*1-7-5-3-2-4-6-7;1-3-6-4(2)5/h19*2-6H,1H3;3H2,1-2H3. The van der Waals surface area contributed by atoms with Crippen LogP contribution in [-0.4, -0.2) is 12.6 Å². The normalized spacial score (nSPS) is 8.67. The first-order chi connectivity index (χ1) is 67.3. The van der Waals surface area contributed by atoms with Gasteiger partial charge in [-0.3, -0.25) is 4.79 Å². The molecule has 19 aromatic carbocycles. The Morgan fingerprint density at radius 3 is 0.187 bits per heavy atom. The Morgan fingerprint density at radius 2 is 0.173 bits per heavy atom. The van der Waals surface area contributed by atoms with E-state index >= 15 is 0 Å². The van der Waals surface area contributed by atoms with Crippen LogP contribution in [0, 0.1) is 132 Å². The minimum absolute atomic E-state index is 0.211. The van der Waals surface area contributed by atoms with E-state index in [1.807, 2.05) is 346 Å². The maximum Gasteiger partial charge on any atom is 0.302 e. The Kier molecular flexibility index (Phi) is 80.5. The number of esters is 1. The number of hydrogen-bond acceptors (Lipinski definition) is 2. The molecule has 19 rings (SSSR count). The van der Waals surface area contributed by atoms with Gasteiger partial charge in [0.1, 0.15) is 0 Å². The van der Waals surface area contributed by atoms with E-state index in [1.165, 1.54) is 113 Å². The Labute approximate surface area is 843 Å². The number of carbonyl (C=O) groups is 1. The SMILES string of the molecule is CCOC(C)=O.Cc1ccccc1.Cc1ccccc1.Cc1ccccc1.Cc1ccccc1.Cc1ccccc1.Cc1ccccc1.Cc1ccccc1.Cc1ccccc1.Cc1ccccc1.Cc1ccccc1.Cc1ccccc1.Cc1ccccc1.Cc1ccccc1.Cc1ccccc1.Cc1ccccc1.Cc1ccccc1.Cc1ccccc1.Cc1ccccc1.Cc1ccccc1. The van der Waals surface area contributed by atoms with Crippen molar-refractivity contribution in [1.29, 1.82) is 0 Å². The predicted molar refractivity (Wildman–Crippen MR) is 615 cm³/mol. The van der Waals surface area contributed by atoms with Crippen molar-refractivity contribution in [3.05, 3.63) is 682 Å². The van der Waals surface area contributed by atoms with Gasteiger partial charge in [-0.2, -0.15) is 0 Å². The largest absolute Gasteiger partial charge is 0.466 e. The first-order valence-corrected chi connectivity index (χ1v) is 47.7. The fourth-order valence-electron chi connectivity index (χ4n) is 10.4. The van der Waals surface area contributed by atoms with E-state index < -0.39 is 0 Å². The highest BCUT2D eigenvalue weighted by Gasteiger charge is 1.85. The predicted octanol–water partition coefficient (Wildman–Crippen LogP) is 38.5. The Morgan fingerprint density at radius 1 is 0.122 bits per heavy atom. The summed E-state index contributed by atoms with van der Waals surface area (Å²) in [4.78, 5) is 9.82. The highest BCUT2D eigenvalue weighted by Crippen LogP contribution is 2.04. The average Bonchev–Trinajstić information content (AvgIpc) is 1.15. The zero-order valence-corrected chi connectivity index (χ0v) is 87.4. The van der Waals surface area contributed by atoms with Crippen molar-refractivity contribution >= 4 is 5.97 Å². The molecule has 0 radical (unpaired) electrons. The van der Waals surface area contributed by atoms with Crippen LogP contribution in [0.5, 0.6) is 0 Å². The van der Waals surface area contributed by atoms with Crippen molar-refractivity contribution in [2.45, 2.75) is 145 Å². The number of rotatable bonds is 1. The topological polar surface area (TPSA) is 26.3 Å². The molecular weight excluding hydrogens is 1680 g/mol. The van der Waals surface area contributed by atoms with E-state index in [4.69, 9.17) is 0 Å². The summed E-state index contributed by atoms with van der Waals surface area (Å²) in [6, 6.07) is 195. The van der Waals surface area contributed by atoms with Gasteiger partial charge < -0.3 is 4.74 Å². The Balaban J connectivity index is 0.00000144. The first-order valence-electron chi connectivity index (χ1n) is 47.7. The fraction of sp³-hybridized carbons (Fsp3) is 0.161. The van der Waals surface area contributed by atoms with E-state index in [0.29, 0.717) is 6.61 Å². The summed E-state index contributed by atoms with van der Waals surface area (Å²) >= 11 is 0. The molecule has 0 fully saturated rings. The Bertz CT molecular complexity index is 4150. The second kappa shape index (κ2) is 90.5. The summed E-state index contributed by atoms with van der Waals surface area (Å²) in [6.07, 6.45) is 0. The monoisotopic (exact) mass is 1840 g/mol. The lowest BCUT2D eigenvalue weighted by Gasteiger charge is -1.89. The maximum absolute atomic E-state index is 9.82. The van der Waals surface area contributed by atoms with E-state index in [-0.39, 0.29) is 5.97 Å². The lowest BCUT2D eigenvalue weighted by molar-refractivity contribution is -0.140. The van der Waals surface area contributed by atoms with E-state index in [9.17, 15) is 4.79 Å². The fourth-order valence-corrected chi connectivity index (χ4v) is 10.4. The number of benzene rings is 19. The molecule has 0 amide bonds. The van der Waals surface area contributed by atoms with E-state index in [2.05, 4.69) is 367 Å². The molecule has 0 atom stereocenters. The molecule has 0 aliphatic rings. The van der Waals surface area contributed by atoms with Crippen LogP contribution in [0.1, 0.15) is 120 Å². The minimum atomic E-state index is -0.211. The summed E-state index contributed by atoms with van der Waals surface area (Å²) in [5, 5.41) is 0. The third kappa shape index (κ3) is 91.5. The second-order valence-corrected chi connectivity index (χ2v) is 32.4. The first kappa shape index (κ1) is 124. The van der Waals surface area contributed by atoms with Gasteiger partial charge in [0.2, 0.25) is 0 Å². The molecule has 0 aliphatic heterocycles. The van der Waals surface area contributed by atoms with Crippen LogP contribution in [0.25, 0.3) is 0 Å². The van der Waals surface area contributed by atoms with E-state index in [1.54, 1.807) is 6.92 Å². The summed E-state index contributed by atoms with van der Waals surface area (Å²) in [6.45, 7) is 43.2. The van der Waals surface area contributed by atoms with Crippen LogP contribution in [0.15, 0.2) is 576 Å². The van der Waals surface area contributed by atoms with Gasteiger partial charge in [0.05, 0.1) is 6.61 Å². The van der Waals surface area contributed by atoms with Crippen LogP contribution in [0.3, 0.4) is 0 Å². The van der Waals surface area contributed by atoms with Gasteiger partial charge in [0.25, 0.3) is 0 Å². The van der Waals surface area contributed by atoms with Crippen LogP contribution in [-0.2, 0) is 9.53 Å². The molecule has 0 heterocycles. The highest BCUT2D eigenvalue weighted by molar-refractivity contribution is 5.65. The van der Waals surface area contributed by atoms with Crippen molar-refractivity contribution in [3.8, 4) is 0 Å². The molecule has 0 saturated heterocycles. The highest BCUT2D eigenvalue weighted by atomic mass is 16.5. The quantitative estimate of drug-likeness (QED) is 0.153. The van der Waals surface area contributed by atoms with Crippen molar-refractivity contribution in [2.75, 3.05) is 6.61 Å². The van der Waals surface area contributed by atoms with Crippen molar-refractivity contribution in [1.82, 2.24) is 0 Å². The summed E-state index contributed by atoms with van der Waals surface area (Å²) in [5.74, 6) is -0.211. The van der Waals surface area contributed by atoms with E-state index in [0.717, 1.165) is 0 Å². The molecular formula is C137H160O2. The molecule has 2 nitrogen and oxygen atoms in total. The lowest BCUT2D eigenvalue weighted by Crippen LogP contribution is -1.95. The molecule has 0 spiro atoms. The van der Waals surface area contributed by atoms with Crippen molar-refractivity contribution < 1.29 is 9.53 Å². The molecule has 0 aromatic heterocycles. The van der Waals surface area contributed by atoms with Crippen LogP contribution >= 0.6 is 0 Å². The molecule has 0 unspecified atom stereocenters. The third-order valence-electron chi connectivity index (χ3n) is 18.2. The van der Waals surface area contributed by atoms with Gasteiger partial charge in [-0.05, 0) is 138 Å². The summed E-state index contributed by atoms with van der Waals surface area (Å²) in [7, 11) is 0. The van der Waals surface area contributed by atoms with Gasteiger partial charge >= 0.3 is 5.97 Å². The van der Waals surface area contributed by atoms with Gasteiger partial charge in [-0.25, -0.2) is 0 Å². The molecule has 0 bridgehead atoms.